The summed E-state index contributed by atoms with van der Waals surface area (Å²) < 4.78 is 22.9. The number of amides is 1. The molecule has 146 valence electrons. The molecule has 0 spiro atoms. The van der Waals surface area contributed by atoms with E-state index < -0.39 is 6.10 Å². The summed E-state index contributed by atoms with van der Waals surface area (Å²) in [7, 11) is 0. The van der Waals surface area contributed by atoms with Gasteiger partial charge in [0.15, 0.2) is 11.5 Å². The van der Waals surface area contributed by atoms with E-state index in [-0.39, 0.29) is 24.8 Å². The highest BCUT2D eigenvalue weighted by molar-refractivity contribution is 5.89. The van der Waals surface area contributed by atoms with Crippen LogP contribution in [0.25, 0.3) is 0 Å². The number of hydrogen-bond donors (Lipinski definition) is 0. The summed E-state index contributed by atoms with van der Waals surface area (Å²) in [4.78, 5) is 14.8. The van der Waals surface area contributed by atoms with Crippen LogP contribution in [0.2, 0.25) is 0 Å². The molecular weight excluding hydrogens is 358 g/mol. The van der Waals surface area contributed by atoms with E-state index in [0.29, 0.717) is 12.3 Å². The summed E-state index contributed by atoms with van der Waals surface area (Å²) in [5, 5.41) is 0. The number of carbonyl (C=O) groups is 1. The monoisotopic (exact) mass is 381 g/mol. The predicted octanol–water partition coefficient (Wildman–Crippen LogP) is 3.23. The Hall–Kier alpha value is -2.73. The van der Waals surface area contributed by atoms with Crippen LogP contribution in [0, 0.1) is 6.92 Å². The fourth-order valence-corrected chi connectivity index (χ4v) is 4.12. The van der Waals surface area contributed by atoms with Crippen LogP contribution in [-0.2, 0) is 9.53 Å². The highest BCUT2D eigenvalue weighted by Gasteiger charge is 2.51. The van der Waals surface area contributed by atoms with E-state index in [1.165, 1.54) is 0 Å². The van der Waals surface area contributed by atoms with E-state index in [0.717, 1.165) is 42.1 Å². The van der Waals surface area contributed by atoms with Crippen molar-refractivity contribution in [3.63, 3.8) is 0 Å². The lowest BCUT2D eigenvalue weighted by atomic mass is 9.89. The number of fused-ring (bicyclic) bond motifs is 1. The molecule has 2 aromatic carbocycles. The molecule has 0 aromatic heterocycles. The minimum absolute atomic E-state index is 0.00131. The second-order valence-electron chi connectivity index (χ2n) is 7.49. The zero-order valence-corrected chi connectivity index (χ0v) is 15.8. The van der Waals surface area contributed by atoms with Crippen molar-refractivity contribution >= 4 is 5.91 Å². The van der Waals surface area contributed by atoms with E-state index in [1.807, 2.05) is 54.3 Å². The Balaban J connectivity index is 1.43. The second-order valence-corrected chi connectivity index (χ2v) is 7.49. The van der Waals surface area contributed by atoms with E-state index in [4.69, 9.17) is 18.9 Å². The maximum atomic E-state index is 13.0. The standard InChI is InChI=1S/C22H23NO5/c1-14-5-2-3-7-17(14)28-21-20(15-8-9-18-19(11-15)27-13-26-18)23(22(21)24)12-16-6-4-10-25-16/h2-3,5,7-9,11,16,20-21H,4,6,10,12-13H2,1H3/t16-,20+,21+/m1/s1. The van der Waals surface area contributed by atoms with Crippen molar-refractivity contribution in [1.29, 1.82) is 0 Å². The number of hydrogen-bond acceptors (Lipinski definition) is 5. The molecule has 0 N–H and O–H groups in total. The smallest absolute Gasteiger partial charge is 0.266 e. The van der Waals surface area contributed by atoms with Gasteiger partial charge in [-0.15, -0.1) is 0 Å². The largest absolute Gasteiger partial charge is 0.478 e. The average Bonchev–Trinajstić information content (AvgIpc) is 3.39. The minimum Gasteiger partial charge on any atom is -0.478 e. The van der Waals surface area contributed by atoms with Crippen LogP contribution in [0.5, 0.6) is 17.2 Å². The molecule has 6 nitrogen and oxygen atoms in total. The molecule has 2 fully saturated rings. The van der Waals surface area contributed by atoms with Crippen molar-refractivity contribution < 1.29 is 23.7 Å². The molecule has 3 atom stereocenters. The Bertz CT molecular complexity index is 892. The van der Waals surface area contributed by atoms with Crippen LogP contribution in [0.15, 0.2) is 42.5 Å². The first kappa shape index (κ1) is 17.4. The molecule has 2 aromatic rings. The van der Waals surface area contributed by atoms with Crippen molar-refractivity contribution in [1.82, 2.24) is 4.90 Å². The van der Waals surface area contributed by atoms with Crippen molar-refractivity contribution in [2.24, 2.45) is 0 Å². The van der Waals surface area contributed by atoms with Gasteiger partial charge in [-0.05, 0) is 49.1 Å². The van der Waals surface area contributed by atoms with Gasteiger partial charge in [-0.25, -0.2) is 0 Å². The van der Waals surface area contributed by atoms with Crippen LogP contribution in [-0.4, -0.2) is 43.0 Å². The lowest BCUT2D eigenvalue weighted by molar-refractivity contribution is -0.167. The number of carbonyl (C=O) groups excluding carboxylic acids is 1. The Morgan fingerprint density at radius 2 is 2.00 bits per heavy atom. The predicted molar refractivity (Wildman–Crippen MR) is 102 cm³/mol. The van der Waals surface area contributed by atoms with Gasteiger partial charge in [-0.3, -0.25) is 4.79 Å². The normalized spacial score (nSPS) is 25.7. The number of para-hydroxylation sites is 1. The van der Waals surface area contributed by atoms with Crippen LogP contribution in [0.3, 0.4) is 0 Å². The van der Waals surface area contributed by atoms with Gasteiger partial charge in [0.1, 0.15) is 11.8 Å². The Morgan fingerprint density at radius 3 is 2.82 bits per heavy atom. The first-order valence-electron chi connectivity index (χ1n) is 9.74. The Labute approximate surface area is 163 Å². The SMILES string of the molecule is Cc1ccccc1O[C@@H]1C(=O)N(C[C@H]2CCCO2)[C@H]1c1ccc2c(c1)OCO2. The molecule has 0 unspecified atom stereocenters. The maximum Gasteiger partial charge on any atom is 0.266 e. The molecule has 0 radical (unpaired) electrons. The summed E-state index contributed by atoms with van der Waals surface area (Å²) in [6.45, 7) is 3.57. The van der Waals surface area contributed by atoms with E-state index in [9.17, 15) is 4.79 Å². The van der Waals surface area contributed by atoms with Gasteiger partial charge >= 0.3 is 0 Å². The highest BCUT2D eigenvalue weighted by Crippen LogP contribution is 2.42. The van der Waals surface area contributed by atoms with Gasteiger partial charge < -0.3 is 23.8 Å². The summed E-state index contributed by atoms with van der Waals surface area (Å²) in [6, 6.07) is 13.4. The molecular formula is C22H23NO5. The van der Waals surface area contributed by atoms with Gasteiger partial charge in [0.25, 0.3) is 5.91 Å². The van der Waals surface area contributed by atoms with Gasteiger partial charge in [0, 0.05) is 13.2 Å². The summed E-state index contributed by atoms with van der Waals surface area (Å²) >= 11 is 0. The molecule has 28 heavy (non-hydrogen) atoms. The highest BCUT2D eigenvalue weighted by atomic mass is 16.7. The van der Waals surface area contributed by atoms with Crippen molar-refractivity contribution in [2.45, 2.75) is 38.0 Å². The Morgan fingerprint density at radius 1 is 1.14 bits per heavy atom. The zero-order chi connectivity index (χ0) is 19.1. The molecule has 2 saturated heterocycles. The van der Waals surface area contributed by atoms with Crippen LogP contribution < -0.4 is 14.2 Å². The average molecular weight is 381 g/mol. The number of rotatable bonds is 5. The third-order valence-electron chi connectivity index (χ3n) is 5.66. The zero-order valence-electron chi connectivity index (χ0n) is 15.8. The molecule has 0 saturated carbocycles. The summed E-state index contributed by atoms with van der Waals surface area (Å²) in [5.74, 6) is 2.18. The first-order chi connectivity index (χ1) is 13.7. The van der Waals surface area contributed by atoms with Gasteiger partial charge in [-0.1, -0.05) is 24.3 Å². The number of aryl methyl sites for hydroxylation is 1. The lowest BCUT2D eigenvalue weighted by Gasteiger charge is -2.47. The maximum absolute atomic E-state index is 13.0. The van der Waals surface area contributed by atoms with Crippen LogP contribution in [0.4, 0.5) is 0 Å². The van der Waals surface area contributed by atoms with E-state index in [1.54, 1.807) is 0 Å². The van der Waals surface area contributed by atoms with Gasteiger partial charge in [-0.2, -0.15) is 0 Å². The molecule has 0 bridgehead atoms. The van der Waals surface area contributed by atoms with Crippen LogP contribution >= 0.6 is 0 Å². The molecule has 1 amide bonds. The van der Waals surface area contributed by atoms with E-state index >= 15 is 0 Å². The van der Waals surface area contributed by atoms with Crippen LogP contribution in [0.1, 0.15) is 30.0 Å². The number of benzene rings is 2. The molecule has 3 aliphatic rings. The van der Waals surface area contributed by atoms with Crippen molar-refractivity contribution in [3.8, 4) is 17.2 Å². The molecule has 5 rings (SSSR count). The summed E-state index contributed by atoms with van der Waals surface area (Å²) in [6.07, 6.45) is 1.58. The lowest BCUT2D eigenvalue weighted by Crippen LogP contribution is -2.62. The second kappa shape index (κ2) is 7.02. The number of β-lactam (4-membered cyclic amide) rings is 1. The van der Waals surface area contributed by atoms with Gasteiger partial charge in [0.2, 0.25) is 12.9 Å². The fraction of sp³-hybridized carbons (Fsp3) is 0.409. The molecule has 3 aliphatic heterocycles. The number of likely N-dealkylation sites (tertiary alicyclic amines) is 1. The first-order valence-corrected chi connectivity index (χ1v) is 9.74. The number of nitrogens with zero attached hydrogens (tertiary/aromatic N) is 1. The Kier molecular flexibility index (Phi) is 4.36. The quantitative estimate of drug-likeness (QED) is 0.745. The van der Waals surface area contributed by atoms with E-state index in [2.05, 4.69) is 0 Å². The third kappa shape index (κ3) is 2.98. The number of ether oxygens (including phenoxy) is 4. The van der Waals surface area contributed by atoms with Gasteiger partial charge in [0.05, 0.1) is 6.10 Å². The topological polar surface area (TPSA) is 57.2 Å². The molecule has 6 heteroatoms. The van der Waals surface area contributed by atoms with Crippen molar-refractivity contribution in [2.75, 3.05) is 19.9 Å². The minimum atomic E-state index is -0.553. The third-order valence-corrected chi connectivity index (χ3v) is 5.66. The molecule has 3 heterocycles. The summed E-state index contributed by atoms with van der Waals surface area (Å²) in [5.41, 5.74) is 2.00. The fourth-order valence-electron chi connectivity index (χ4n) is 4.12. The molecule has 0 aliphatic carbocycles. The van der Waals surface area contributed by atoms with Crippen molar-refractivity contribution in [3.05, 3.63) is 53.6 Å².